The number of fused-ring (bicyclic) bond motifs is 18. The number of phenolic OH excluding ortho intramolecular Hbond substituents is 1. The molecule has 0 saturated carbocycles. The minimum atomic E-state index is -0.987. The molecule has 0 aromatic heterocycles. The van der Waals surface area contributed by atoms with Crippen molar-refractivity contribution in [1.29, 1.82) is 0 Å². The van der Waals surface area contributed by atoms with Crippen LogP contribution in [0.3, 0.4) is 0 Å². The van der Waals surface area contributed by atoms with Crippen molar-refractivity contribution in [3.63, 3.8) is 0 Å². The fourth-order valence-corrected chi connectivity index (χ4v) is 5.59. The third-order valence-electron chi connectivity index (χ3n) is 9.01. The molecular weight excluding hydrogens is 638 g/mol. The van der Waals surface area contributed by atoms with E-state index in [-0.39, 0.29) is 63.6 Å². The van der Waals surface area contributed by atoms with E-state index in [1.807, 2.05) is 0 Å². The first-order valence-electron chi connectivity index (χ1n) is 16.6. The highest BCUT2D eigenvalue weighted by atomic mass is 16.3. The number of aliphatic hydroxyl groups excluding tert-OH is 3. The van der Waals surface area contributed by atoms with Gasteiger partial charge in [-0.2, -0.15) is 0 Å². The molecule has 5 N–H and O–H groups in total. The summed E-state index contributed by atoms with van der Waals surface area (Å²) in [4.78, 5) is 66.3. The van der Waals surface area contributed by atoms with Gasteiger partial charge in [0.25, 0.3) is 5.91 Å². The third-order valence-corrected chi connectivity index (χ3v) is 9.01. The molecule has 50 heavy (non-hydrogen) atoms. The molecule has 1 aromatic carbocycles. The van der Waals surface area contributed by atoms with Gasteiger partial charge in [-0.15, -0.1) is 0 Å². The first-order valence-corrected chi connectivity index (χ1v) is 16.6. The van der Waals surface area contributed by atoms with Gasteiger partial charge in [0, 0.05) is 47.0 Å². The molecular formula is C40H47NO9. The minimum Gasteiger partial charge on any atom is -0.507 e. The zero-order valence-electron chi connectivity index (χ0n) is 29.6. The molecule has 3 aliphatic rings. The molecule has 0 radical (unpaired) electrons. The number of nitrogens with one attached hydrogen (secondary N) is 1. The van der Waals surface area contributed by atoms with Gasteiger partial charge in [-0.1, -0.05) is 75.5 Å². The van der Waals surface area contributed by atoms with Crippen molar-refractivity contribution in [3.8, 4) is 5.75 Å². The van der Waals surface area contributed by atoms with Crippen LogP contribution in [0.2, 0.25) is 0 Å². The highest BCUT2D eigenvalue weighted by molar-refractivity contribution is 6.30. The number of allylic oxidation sites excluding steroid dienone is 8. The third kappa shape index (κ3) is 9.68. The maximum Gasteiger partial charge on any atom is 0.251 e. The molecule has 4 rings (SSSR count). The number of aliphatic hydroxyl groups is 3. The van der Waals surface area contributed by atoms with Gasteiger partial charge < -0.3 is 25.7 Å². The Labute approximate surface area is 293 Å². The van der Waals surface area contributed by atoms with Gasteiger partial charge in [0.05, 0.1) is 29.6 Å². The summed E-state index contributed by atoms with van der Waals surface area (Å²) in [6.45, 7) is 11.3. The Morgan fingerprint density at radius 3 is 2.10 bits per heavy atom. The average Bonchev–Trinajstić information content (AvgIpc) is 3.07. The topological polar surface area (TPSA) is 178 Å². The standard InChI is InChI=1S/C40H47NO9/c1-21-11-9-8-10-12-24(4)40(50)41-30-19-33(45)34-29(39(30)49)18-27(7)38(48)35(34)37(47)26(6)17-25(5)36(46)23(3)14-16-28(42)15-13-22(2)32(44)20-31(21)43/h8-14,16-19,21,23,25,28,31,36,42-43,46,48H,15,20H2,1-7H3,(H,41,50). The number of ketones is 4. The molecule has 4 bridgehead atoms. The molecule has 6 unspecified atom stereocenters. The smallest absolute Gasteiger partial charge is 0.251 e. The van der Waals surface area contributed by atoms with Crippen LogP contribution in [0.5, 0.6) is 5.75 Å². The summed E-state index contributed by atoms with van der Waals surface area (Å²) in [6, 6.07) is 1.30. The van der Waals surface area contributed by atoms with Crippen LogP contribution in [0.15, 0.2) is 89.2 Å². The summed E-state index contributed by atoms with van der Waals surface area (Å²) in [6.07, 6.45) is 12.4. The van der Waals surface area contributed by atoms with E-state index < -0.39 is 59.2 Å². The zero-order chi connectivity index (χ0) is 37.4. The average molecular weight is 686 g/mol. The number of Topliss-reactive ketones (excluding diaryl/α,β-unsaturated/α-hetero) is 3. The van der Waals surface area contributed by atoms with Crippen LogP contribution < -0.4 is 5.32 Å². The lowest BCUT2D eigenvalue weighted by atomic mass is 9.83. The molecule has 266 valence electrons. The van der Waals surface area contributed by atoms with Crippen LogP contribution in [0.4, 0.5) is 0 Å². The number of carbonyl (C=O) groups is 5. The summed E-state index contributed by atoms with van der Waals surface area (Å²) in [5, 5.41) is 45.5. The zero-order valence-corrected chi connectivity index (χ0v) is 29.6. The van der Waals surface area contributed by atoms with Gasteiger partial charge in [0.2, 0.25) is 5.78 Å². The molecule has 6 atom stereocenters. The predicted octanol–water partition coefficient (Wildman–Crippen LogP) is 5.12. The Morgan fingerprint density at radius 2 is 1.42 bits per heavy atom. The van der Waals surface area contributed by atoms with Crippen LogP contribution >= 0.6 is 0 Å². The summed E-state index contributed by atoms with van der Waals surface area (Å²) in [5.41, 5.74) is -0.106. The Kier molecular flexibility index (Phi) is 13.7. The summed E-state index contributed by atoms with van der Waals surface area (Å²) >= 11 is 0. The van der Waals surface area contributed by atoms with E-state index in [9.17, 15) is 44.4 Å². The van der Waals surface area contributed by atoms with Crippen LogP contribution in [0, 0.1) is 24.7 Å². The highest BCUT2D eigenvalue weighted by Gasteiger charge is 2.34. The molecule has 10 heteroatoms. The monoisotopic (exact) mass is 685 g/mol. The largest absolute Gasteiger partial charge is 0.507 e. The number of rotatable bonds is 0. The first-order chi connectivity index (χ1) is 23.4. The van der Waals surface area contributed by atoms with Crippen LogP contribution in [-0.4, -0.2) is 67.8 Å². The van der Waals surface area contributed by atoms with E-state index in [4.69, 9.17) is 0 Å². The minimum absolute atomic E-state index is 0.110. The van der Waals surface area contributed by atoms with E-state index in [0.717, 1.165) is 6.08 Å². The van der Waals surface area contributed by atoms with Crippen molar-refractivity contribution >= 4 is 29.0 Å². The lowest BCUT2D eigenvalue weighted by Crippen LogP contribution is -2.32. The van der Waals surface area contributed by atoms with Crippen LogP contribution in [0.1, 0.15) is 91.0 Å². The molecule has 0 fully saturated rings. The fourth-order valence-electron chi connectivity index (χ4n) is 5.59. The van der Waals surface area contributed by atoms with Crippen molar-refractivity contribution in [2.45, 2.75) is 79.6 Å². The molecule has 0 spiro atoms. The number of amides is 1. The lowest BCUT2D eigenvalue weighted by molar-refractivity contribution is -0.118. The van der Waals surface area contributed by atoms with Gasteiger partial charge in [-0.3, -0.25) is 24.0 Å². The second-order valence-electron chi connectivity index (χ2n) is 13.2. The number of phenols is 1. The van der Waals surface area contributed by atoms with Crippen LogP contribution in [0.25, 0.3) is 0 Å². The van der Waals surface area contributed by atoms with E-state index in [1.54, 1.807) is 64.2 Å². The second-order valence-corrected chi connectivity index (χ2v) is 13.2. The Balaban J connectivity index is 2.04. The van der Waals surface area contributed by atoms with Gasteiger partial charge >= 0.3 is 0 Å². The first kappa shape index (κ1) is 39.7. The SMILES string of the molecule is CC1=CCC(O)C=CC(C)C(O)C(C)C=C(C)C(=O)c2c(O)c(C)cc3c2C(=O)C=C(NC(=O)C(C)=CC=CC=CC(C)C(O)CC1=O)C3=O. The van der Waals surface area contributed by atoms with Gasteiger partial charge in [0.1, 0.15) is 5.75 Å². The van der Waals surface area contributed by atoms with Crippen molar-refractivity contribution in [2.24, 2.45) is 17.8 Å². The molecule has 2 heterocycles. The summed E-state index contributed by atoms with van der Waals surface area (Å²) in [7, 11) is 0. The lowest BCUT2D eigenvalue weighted by Gasteiger charge is -2.22. The summed E-state index contributed by atoms with van der Waals surface area (Å²) in [5.74, 6) is -4.91. The van der Waals surface area contributed by atoms with Crippen molar-refractivity contribution in [3.05, 3.63) is 111 Å². The Hall–Kier alpha value is -4.77. The number of hydrogen-bond acceptors (Lipinski definition) is 9. The van der Waals surface area contributed by atoms with Gasteiger partial charge in [-0.25, -0.2) is 0 Å². The number of benzene rings is 1. The Bertz CT molecular complexity index is 1770. The number of carbonyl (C=O) groups excluding carboxylic acids is 5. The molecule has 0 saturated heterocycles. The van der Waals surface area contributed by atoms with Crippen LogP contribution in [-0.2, 0) is 9.59 Å². The fraction of sp³-hybridized carbons (Fsp3) is 0.375. The quantitative estimate of drug-likeness (QED) is 0.232. The molecule has 2 aliphatic heterocycles. The maximum absolute atomic E-state index is 13.7. The Morgan fingerprint density at radius 1 is 0.740 bits per heavy atom. The van der Waals surface area contributed by atoms with Gasteiger partial charge in [-0.05, 0) is 56.9 Å². The predicted molar refractivity (Wildman–Crippen MR) is 191 cm³/mol. The van der Waals surface area contributed by atoms with Crippen molar-refractivity contribution < 1.29 is 44.4 Å². The number of hydrogen-bond donors (Lipinski definition) is 5. The van der Waals surface area contributed by atoms with Gasteiger partial charge in [0.15, 0.2) is 17.3 Å². The molecule has 10 nitrogen and oxygen atoms in total. The maximum atomic E-state index is 13.7. The highest BCUT2D eigenvalue weighted by Crippen LogP contribution is 2.35. The van der Waals surface area contributed by atoms with E-state index in [1.165, 1.54) is 45.1 Å². The van der Waals surface area contributed by atoms with Crippen molar-refractivity contribution in [2.75, 3.05) is 0 Å². The number of aromatic hydroxyl groups is 1. The van der Waals surface area contributed by atoms with E-state index in [0.29, 0.717) is 5.57 Å². The molecule has 1 aliphatic carbocycles. The van der Waals surface area contributed by atoms with E-state index >= 15 is 0 Å². The summed E-state index contributed by atoms with van der Waals surface area (Å²) < 4.78 is 0. The second kappa shape index (κ2) is 17.2. The normalized spacial score (nSPS) is 26.7. The van der Waals surface area contributed by atoms with Crippen molar-refractivity contribution in [1.82, 2.24) is 5.32 Å². The molecule has 1 amide bonds. The number of aryl methyl sites for hydroxylation is 1. The molecule has 1 aromatic rings. The van der Waals surface area contributed by atoms with E-state index in [2.05, 4.69) is 5.32 Å².